The van der Waals surface area contributed by atoms with Gasteiger partial charge in [-0.3, -0.25) is 0 Å². The quantitative estimate of drug-likeness (QED) is 0.655. The number of hydrogen-bond acceptors (Lipinski definition) is 3. The SMILES string of the molecule is c1ccc(NC(=NCc2ccnc(N3CCCC3)c2)N2CCCCC2)cc1. The Morgan fingerprint density at radius 2 is 1.67 bits per heavy atom. The van der Waals surface area contributed by atoms with Gasteiger partial charge in [-0.15, -0.1) is 0 Å². The van der Waals surface area contributed by atoms with E-state index in [1.807, 2.05) is 12.3 Å². The molecule has 2 saturated heterocycles. The predicted octanol–water partition coefficient (Wildman–Crippen LogP) is 4.14. The van der Waals surface area contributed by atoms with Gasteiger partial charge in [-0.25, -0.2) is 9.98 Å². The molecular weight excluding hydrogens is 334 g/mol. The lowest BCUT2D eigenvalue weighted by molar-refractivity contribution is 0.340. The highest BCUT2D eigenvalue weighted by Crippen LogP contribution is 2.19. The summed E-state index contributed by atoms with van der Waals surface area (Å²) >= 11 is 0. The Balaban J connectivity index is 1.50. The van der Waals surface area contributed by atoms with E-state index in [-0.39, 0.29) is 0 Å². The second-order valence-electron chi connectivity index (χ2n) is 7.40. The second kappa shape index (κ2) is 8.89. The number of likely N-dealkylation sites (tertiary alicyclic amines) is 1. The van der Waals surface area contributed by atoms with E-state index >= 15 is 0 Å². The standard InChI is InChI=1S/C22H29N5/c1-3-9-20(10-4-1)25-22(27-15-5-2-6-16-27)24-18-19-11-12-23-21(17-19)26-13-7-8-14-26/h1,3-4,9-12,17H,2,5-8,13-16,18H2,(H,24,25). The van der Waals surface area contributed by atoms with Crippen molar-refractivity contribution in [3.63, 3.8) is 0 Å². The fraction of sp³-hybridized carbons (Fsp3) is 0.455. The number of benzene rings is 1. The number of nitrogens with zero attached hydrogens (tertiary/aromatic N) is 4. The van der Waals surface area contributed by atoms with Crippen LogP contribution in [0.4, 0.5) is 11.5 Å². The molecular formula is C22H29N5. The molecule has 0 atom stereocenters. The molecule has 5 nitrogen and oxygen atoms in total. The monoisotopic (exact) mass is 363 g/mol. The van der Waals surface area contributed by atoms with Gasteiger partial charge in [0.05, 0.1) is 6.54 Å². The van der Waals surface area contributed by atoms with Crippen molar-refractivity contribution in [3.8, 4) is 0 Å². The summed E-state index contributed by atoms with van der Waals surface area (Å²) in [6.45, 7) is 5.07. The molecule has 1 N–H and O–H groups in total. The van der Waals surface area contributed by atoms with Gasteiger partial charge in [0.1, 0.15) is 5.82 Å². The lowest BCUT2D eigenvalue weighted by atomic mass is 10.1. The number of rotatable bonds is 4. The van der Waals surface area contributed by atoms with Gasteiger partial charge >= 0.3 is 0 Å². The van der Waals surface area contributed by atoms with Crippen molar-refractivity contribution in [2.45, 2.75) is 38.6 Å². The summed E-state index contributed by atoms with van der Waals surface area (Å²) in [5, 5.41) is 3.54. The fourth-order valence-electron chi connectivity index (χ4n) is 3.82. The van der Waals surface area contributed by atoms with Crippen LogP contribution in [0, 0.1) is 0 Å². The number of guanidine groups is 1. The summed E-state index contributed by atoms with van der Waals surface area (Å²) in [7, 11) is 0. The van der Waals surface area contributed by atoms with Gasteiger partial charge in [0.25, 0.3) is 0 Å². The summed E-state index contributed by atoms with van der Waals surface area (Å²) in [5.74, 6) is 2.08. The molecule has 2 aliphatic heterocycles. The predicted molar refractivity (Wildman–Crippen MR) is 112 cm³/mol. The normalized spacial score (nSPS) is 18.0. The highest BCUT2D eigenvalue weighted by atomic mass is 15.3. The molecule has 142 valence electrons. The third-order valence-corrected chi connectivity index (χ3v) is 5.34. The third-order valence-electron chi connectivity index (χ3n) is 5.34. The topological polar surface area (TPSA) is 43.8 Å². The Morgan fingerprint density at radius 1 is 0.926 bits per heavy atom. The summed E-state index contributed by atoms with van der Waals surface area (Å²) in [4.78, 5) is 14.3. The van der Waals surface area contributed by atoms with E-state index < -0.39 is 0 Å². The van der Waals surface area contributed by atoms with Crippen LogP contribution in [0.3, 0.4) is 0 Å². The van der Waals surface area contributed by atoms with Crippen LogP contribution in [0.25, 0.3) is 0 Å². The van der Waals surface area contributed by atoms with Crippen LogP contribution in [0.2, 0.25) is 0 Å². The minimum absolute atomic E-state index is 0.676. The molecule has 0 aliphatic carbocycles. The molecule has 0 bridgehead atoms. The molecule has 1 aromatic carbocycles. The van der Waals surface area contributed by atoms with Crippen molar-refractivity contribution < 1.29 is 0 Å². The Labute approximate surface area is 162 Å². The van der Waals surface area contributed by atoms with E-state index in [0.29, 0.717) is 6.54 Å². The smallest absolute Gasteiger partial charge is 0.198 e. The largest absolute Gasteiger partial charge is 0.357 e. The van der Waals surface area contributed by atoms with E-state index in [1.54, 1.807) is 0 Å². The molecule has 2 aromatic rings. The van der Waals surface area contributed by atoms with E-state index in [9.17, 15) is 0 Å². The molecule has 0 unspecified atom stereocenters. The van der Waals surface area contributed by atoms with Gasteiger partial charge < -0.3 is 15.1 Å². The van der Waals surface area contributed by atoms with Gasteiger partial charge in [-0.05, 0) is 61.9 Å². The fourth-order valence-corrected chi connectivity index (χ4v) is 3.82. The first-order valence-corrected chi connectivity index (χ1v) is 10.2. The maximum absolute atomic E-state index is 4.97. The highest BCUT2D eigenvalue weighted by molar-refractivity contribution is 5.93. The summed E-state index contributed by atoms with van der Waals surface area (Å²) in [6.07, 6.45) is 8.25. The zero-order chi connectivity index (χ0) is 18.3. The van der Waals surface area contributed by atoms with Gasteiger partial charge in [-0.2, -0.15) is 0 Å². The Bertz CT molecular complexity index is 746. The lowest BCUT2D eigenvalue weighted by Gasteiger charge is -2.30. The molecule has 4 rings (SSSR count). The van der Waals surface area contributed by atoms with Crippen molar-refractivity contribution in [2.75, 3.05) is 36.4 Å². The molecule has 0 radical (unpaired) electrons. The summed E-state index contributed by atoms with van der Waals surface area (Å²) in [5.41, 5.74) is 2.31. The van der Waals surface area contributed by atoms with Crippen molar-refractivity contribution in [1.29, 1.82) is 0 Å². The molecule has 1 aromatic heterocycles. The average Bonchev–Trinajstić information content (AvgIpc) is 3.28. The van der Waals surface area contributed by atoms with E-state index in [2.05, 4.69) is 56.5 Å². The first-order valence-electron chi connectivity index (χ1n) is 10.2. The van der Waals surface area contributed by atoms with Gasteiger partial charge in [-0.1, -0.05) is 18.2 Å². The Morgan fingerprint density at radius 3 is 2.44 bits per heavy atom. The third kappa shape index (κ3) is 4.79. The molecule has 2 fully saturated rings. The molecule has 0 spiro atoms. The zero-order valence-corrected chi connectivity index (χ0v) is 16.0. The number of aliphatic imine (C=N–C) groups is 1. The van der Waals surface area contributed by atoms with Gasteiger partial charge in [0.15, 0.2) is 5.96 Å². The van der Waals surface area contributed by atoms with Crippen LogP contribution in [0.1, 0.15) is 37.7 Å². The van der Waals surface area contributed by atoms with Crippen LogP contribution in [0.5, 0.6) is 0 Å². The number of piperidine rings is 1. The number of para-hydroxylation sites is 1. The van der Waals surface area contributed by atoms with E-state index in [4.69, 9.17) is 4.99 Å². The summed E-state index contributed by atoms with van der Waals surface area (Å²) < 4.78 is 0. The number of anilines is 2. The van der Waals surface area contributed by atoms with Crippen LogP contribution < -0.4 is 10.2 Å². The first kappa shape index (κ1) is 17.8. The molecule has 5 heteroatoms. The van der Waals surface area contributed by atoms with Crippen molar-refractivity contribution in [2.24, 2.45) is 4.99 Å². The van der Waals surface area contributed by atoms with Crippen LogP contribution in [-0.4, -0.2) is 42.0 Å². The number of aromatic nitrogens is 1. The molecule has 0 saturated carbocycles. The van der Waals surface area contributed by atoms with Crippen LogP contribution in [0.15, 0.2) is 53.7 Å². The number of nitrogens with one attached hydrogen (secondary N) is 1. The number of hydrogen-bond donors (Lipinski definition) is 1. The van der Waals surface area contributed by atoms with Crippen LogP contribution >= 0.6 is 0 Å². The zero-order valence-electron chi connectivity index (χ0n) is 16.0. The van der Waals surface area contributed by atoms with E-state index in [1.165, 1.54) is 37.7 Å². The maximum atomic E-state index is 4.97. The van der Waals surface area contributed by atoms with Gasteiger partial charge in [0.2, 0.25) is 0 Å². The van der Waals surface area contributed by atoms with Crippen molar-refractivity contribution >= 4 is 17.5 Å². The molecule has 27 heavy (non-hydrogen) atoms. The average molecular weight is 364 g/mol. The summed E-state index contributed by atoms with van der Waals surface area (Å²) in [6, 6.07) is 14.6. The highest BCUT2D eigenvalue weighted by Gasteiger charge is 2.16. The van der Waals surface area contributed by atoms with Crippen molar-refractivity contribution in [1.82, 2.24) is 9.88 Å². The Kier molecular flexibility index (Phi) is 5.87. The Hall–Kier alpha value is -2.56. The second-order valence-corrected chi connectivity index (χ2v) is 7.40. The first-order chi connectivity index (χ1) is 13.4. The number of pyridine rings is 1. The molecule has 3 heterocycles. The maximum Gasteiger partial charge on any atom is 0.198 e. The van der Waals surface area contributed by atoms with Gasteiger partial charge in [0, 0.05) is 38.1 Å². The minimum Gasteiger partial charge on any atom is -0.357 e. The minimum atomic E-state index is 0.676. The van der Waals surface area contributed by atoms with Crippen LogP contribution in [-0.2, 0) is 6.54 Å². The van der Waals surface area contributed by atoms with Crippen molar-refractivity contribution in [3.05, 3.63) is 54.2 Å². The molecule has 2 aliphatic rings. The van der Waals surface area contributed by atoms with E-state index in [0.717, 1.165) is 43.6 Å². The lowest BCUT2D eigenvalue weighted by Crippen LogP contribution is -2.40. The molecule has 0 amide bonds.